The largest absolute Gasteiger partial charge is 0.357 e. The molecule has 0 bridgehead atoms. The van der Waals surface area contributed by atoms with E-state index in [9.17, 15) is 21.6 Å². The highest BCUT2D eigenvalue weighted by Crippen LogP contribution is 2.37. The van der Waals surface area contributed by atoms with Gasteiger partial charge in [0.25, 0.3) is 0 Å². The van der Waals surface area contributed by atoms with Crippen LogP contribution in [0.1, 0.15) is 11.3 Å². The van der Waals surface area contributed by atoms with E-state index in [-0.39, 0.29) is 28.1 Å². The first-order valence-electron chi connectivity index (χ1n) is 7.33. The Bertz CT molecular complexity index is 1160. The molecule has 0 spiro atoms. The zero-order chi connectivity index (χ0) is 19.8. The van der Waals surface area contributed by atoms with E-state index in [1.54, 1.807) is 12.1 Å². The number of hydrogen-bond donors (Lipinski definition) is 1. The zero-order valence-electron chi connectivity index (χ0n) is 13.4. The fourth-order valence-corrected chi connectivity index (χ4v) is 3.28. The van der Waals surface area contributed by atoms with Gasteiger partial charge in [0.1, 0.15) is 17.3 Å². The number of benzene rings is 2. The SMILES string of the molecule is N#Cc1cccc(-c2noc(CF)c2-c2cc(F)c(S(N)(=O)=O)c(F)c2)c1. The summed E-state index contributed by atoms with van der Waals surface area (Å²) in [6.07, 6.45) is 0. The Morgan fingerprint density at radius 3 is 2.37 bits per heavy atom. The van der Waals surface area contributed by atoms with E-state index in [1.165, 1.54) is 12.1 Å². The van der Waals surface area contributed by atoms with E-state index in [2.05, 4.69) is 5.16 Å². The maximum Gasteiger partial charge on any atom is 0.243 e. The van der Waals surface area contributed by atoms with E-state index in [1.807, 2.05) is 6.07 Å². The Balaban J connectivity index is 2.27. The van der Waals surface area contributed by atoms with Crippen molar-refractivity contribution >= 4 is 10.0 Å². The van der Waals surface area contributed by atoms with Gasteiger partial charge in [-0.15, -0.1) is 0 Å². The van der Waals surface area contributed by atoms with Crippen LogP contribution < -0.4 is 5.14 Å². The summed E-state index contributed by atoms with van der Waals surface area (Å²) in [5.74, 6) is -3.18. The predicted octanol–water partition coefficient (Wildman–Crippen LogP) is 3.28. The van der Waals surface area contributed by atoms with Crippen LogP contribution in [0.2, 0.25) is 0 Å². The number of hydrogen-bond acceptors (Lipinski definition) is 5. The Labute approximate surface area is 151 Å². The molecule has 0 aliphatic heterocycles. The third-order valence-electron chi connectivity index (χ3n) is 3.72. The average molecular weight is 393 g/mol. The summed E-state index contributed by atoms with van der Waals surface area (Å²) in [5.41, 5.74) is 0.422. The van der Waals surface area contributed by atoms with Crippen molar-refractivity contribution in [3.05, 3.63) is 59.4 Å². The first-order chi connectivity index (χ1) is 12.8. The number of primary sulfonamides is 1. The lowest BCUT2D eigenvalue weighted by atomic mass is 9.98. The van der Waals surface area contributed by atoms with Crippen LogP contribution in [-0.4, -0.2) is 13.6 Å². The number of nitrogens with zero attached hydrogens (tertiary/aromatic N) is 2. The fraction of sp³-hybridized carbons (Fsp3) is 0.0588. The molecule has 3 aromatic rings. The molecule has 10 heteroatoms. The van der Waals surface area contributed by atoms with Gasteiger partial charge in [-0.05, 0) is 29.8 Å². The van der Waals surface area contributed by atoms with Crippen LogP contribution in [0.15, 0.2) is 45.8 Å². The van der Waals surface area contributed by atoms with Crippen molar-refractivity contribution in [2.75, 3.05) is 0 Å². The minimum Gasteiger partial charge on any atom is -0.357 e. The van der Waals surface area contributed by atoms with Crippen LogP contribution in [-0.2, 0) is 16.7 Å². The lowest BCUT2D eigenvalue weighted by Gasteiger charge is -2.08. The first kappa shape index (κ1) is 18.6. The third-order valence-corrected chi connectivity index (χ3v) is 4.68. The number of aromatic nitrogens is 1. The summed E-state index contributed by atoms with van der Waals surface area (Å²) in [7, 11) is -4.64. The van der Waals surface area contributed by atoms with Gasteiger partial charge in [0.15, 0.2) is 17.3 Å². The molecule has 0 aliphatic carbocycles. The van der Waals surface area contributed by atoms with E-state index in [4.69, 9.17) is 14.9 Å². The number of nitriles is 1. The van der Waals surface area contributed by atoms with Gasteiger partial charge in [-0.2, -0.15) is 5.26 Å². The molecule has 2 N–H and O–H groups in total. The summed E-state index contributed by atoms with van der Waals surface area (Å²) in [6, 6.07) is 9.39. The third kappa shape index (κ3) is 3.42. The molecule has 3 rings (SSSR count). The Morgan fingerprint density at radius 1 is 1.15 bits per heavy atom. The molecule has 0 atom stereocenters. The summed E-state index contributed by atoms with van der Waals surface area (Å²) in [5, 5.41) is 17.5. The van der Waals surface area contributed by atoms with Crippen LogP contribution in [0.5, 0.6) is 0 Å². The highest BCUT2D eigenvalue weighted by molar-refractivity contribution is 7.89. The highest BCUT2D eigenvalue weighted by atomic mass is 32.2. The van der Waals surface area contributed by atoms with Crippen molar-refractivity contribution in [3.63, 3.8) is 0 Å². The van der Waals surface area contributed by atoms with Crippen LogP contribution in [0, 0.1) is 23.0 Å². The number of halogens is 3. The van der Waals surface area contributed by atoms with Crippen molar-refractivity contribution in [1.82, 2.24) is 5.16 Å². The fourth-order valence-electron chi connectivity index (χ4n) is 2.62. The predicted molar refractivity (Wildman–Crippen MR) is 88.2 cm³/mol. The van der Waals surface area contributed by atoms with Gasteiger partial charge in [-0.1, -0.05) is 17.3 Å². The maximum atomic E-state index is 14.2. The minimum atomic E-state index is -4.64. The molecule has 27 heavy (non-hydrogen) atoms. The smallest absolute Gasteiger partial charge is 0.243 e. The molecular weight excluding hydrogens is 383 g/mol. The van der Waals surface area contributed by atoms with Crippen LogP contribution in [0.4, 0.5) is 13.2 Å². The number of nitrogens with two attached hydrogens (primary N) is 1. The van der Waals surface area contributed by atoms with Gasteiger partial charge in [-0.3, -0.25) is 0 Å². The lowest BCUT2D eigenvalue weighted by molar-refractivity contribution is 0.332. The van der Waals surface area contributed by atoms with Crippen LogP contribution >= 0.6 is 0 Å². The van der Waals surface area contributed by atoms with Gasteiger partial charge in [0.2, 0.25) is 10.0 Å². The summed E-state index contributed by atoms with van der Waals surface area (Å²) >= 11 is 0. The molecule has 0 saturated carbocycles. The van der Waals surface area contributed by atoms with E-state index < -0.39 is 33.2 Å². The number of alkyl halides is 1. The molecule has 0 radical (unpaired) electrons. The van der Waals surface area contributed by atoms with Gasteiger partial charge in [0, 0.05) is 5.56 Å². The van der Waals surface area contributed by atoms with Crippen molar-refractivity contribution < 1.29 is 26.1 Å². The Morgan fingerprint density at radius 2 is 1.81 bits per heavy atom. The van der Waals surface area contributed by atoms with Gasteiger partial charge in [0.05, 0.1) is 17.2 Å². The van der Waals surface area contributed by atoms with Gasteiger partial charge >= 0.3 is 0 Å². The zero-order valence-corrected chi connectivity index (χ0v) is 14.2. The molecule has 1 aromatic heterocycles. The van der Waals surface area contributed by atoms with E-state index >= 15 is 0 Å². The summed E-state index contributed by atoms with van der Waals surface area (Å²) < 4.78 is 69.3. The topological polar surface area (TPSA) is 110 Å². The molecule has 0 aliphatic rings. The monoisotopic (exact) mass is 393 g/mol. The Hall–Kier alpha value is -3.16. The minimum absolute atomic E-state index is 0.0434. The van der Waals surface area contributed by atoms with Gasteiger partial charge in [-0.25, -0.2) is 26.7 Å². The van der Waals surface area contributed by atoms with Crippen molar-refractivity contribution in [2.24, 2.45) is 5.14 Å². The first-order valence-corrected chi connectivity index (χ1v) is 8.88. The highest BCUT2D eigenvalue weighted by Gasteiger charge is 2.25. The standard InChI is InChI=1S/C17H10F3N3O3S/c18-7-14-15(11-5-12(19)17(13(20)6-11)27(22,24)25)16(23-26-14)10-3-1-2-9(4-10)8-21/h1-6H,7H2,(H2,22,24,25). The second-order valence-electron chi connectivity index (χ2n) is 5.47. The Kier molecular flexibility index (Phi) is 4.73. The van der Waals surface area contributed by atoms with Crippen molar-refractivity contribution in [1.29, 1.82) is 5.26 Å². The molecule has 2 aromatic carbocycles. The van der Waals surface area contributed by atoms with Crippen LogP contribution in [0.3, 0.4) is 0 Å². The second kappa shape index (κ2) is 6.86. The quantitative estimate of drug-likeness (QED) is 0.731. The summed E-state index contributed by atoms with van der Waals surface area (Å²) in [6.45, 7) is -1.12. The van der Waals surface area contributed by atoms with Gasteiger partial charge < -0.3 is 4.52 Å². The van der Waals surface area contributed by atoms with E-state index in [0.717, 1.165) is 0 Å². The molecule has 0 amide bonds. The van der Waals surface area contributed by atoms with E-state index in [0.29, 0.717) is 17.7 Å². The van der Waals surface area contributed by atoms with Crippen molar-refractivity contribution in [2.45, 2.75) is 11.6 Å². The number of rotatable bonds is 4. The lowest BCUT2D eigenvalue weighted by Crippen LogP contribution is -2.16. The normalized spacial score (nSPS) is 11.4. The molecule has 0 saturated heterocycles. The van der Waals surface area contributed by atoms with Crippen molar-refractivity contribution in [3.8, 4) is 28.5 Å². The average Bonchev–Trinajstić information content (AvgIpc) is 3.04. The summed E-state index contributed by atoms with van der Waals surface area (Å²) in [4.78, 5) is -1.29. The second-order valence-corrected chi connectivity index (χ2v) is 6.97. The number of sulfonamides is 1. The molecular formula is C17H10F3N3O3S. The molecule has 0 unspecified atom stereocenters. The maximum absolute atomic E-state index is 14.2. The molecule has 138 valence electrons. The van der Waals surface area contributed by atoms with Crippen LogP contribution in [0.25, 0.3) is 22.4 Å². The molecule has 0 fully saturated rings. The molecule has 6 nitrogen and oxygen atoms in total. The molecule has 1 heterocycles.